The average Bonchev–Trinajstić information content (AvgIpc) is 2.31. The van der Waals surface area contributed by atoms with E-state index in [0.717, 1.165) is 5.69 Å². The SMILES string of the molecule is Cc1cc(NC(=O)C(N)=O)nn1C. The molecule has 0 spiro atoms. The fraction of sp³-hybridized carbons (Fsp3) is 0.286. The summed E-state index contributed by atoms with van der Waals surface area (Å²) in [5.41, 5.74) is 5.62. The molecule has 2 amide bonds. The van der Waals surface area contributed by atoms with Crippen LogP contribution in [0.15, 0.2) is 6.07 Å². The molecule has 13 heavy (non-hydrogen) atoms. The number of rotatable bonds is 1. The predicted molar refractivity (Wildman–Crippen MR) is 45.8 cm³/mol. The van der Waals surface area contributed by atoms with Crippen LogP contribution in [0.5, 0.6) is 0 Å². The van der Waals surface area contributed by atoms with Crippen LogP contribution in [0.4, 0.5) is 5.82 Å². The smallest absolute Gasteiger partial charge is 0.314 e. The van der Waals surface area contributed by atoms with Gasteiger partial charge in [-0.25, -0.2) is 0 Å². The van der Waals surface area contributed by atoms with E-state index in [9.17, 15) is 9.59 Å². The number of aromatic nitrogens is 2. The normalized spacial score (nSPS) is 9.69. The van der Waals surface area contributed by atoms with Crippen molar-refractivity contribution < 1.29 is 9.59 Å². The molecule has 0 aliphatic heterocycles. The number of hydrogen-bond donors (Lipinski definition) is 2. The van der Waals surface area contributed by atoms with Gasteiger partial charge in [0.15, 0.2) is 5.82 Å². The Bertz CT molecular complexity index is 336. The van der Waals surface area contributed by atoms with Crippen LogP contribution < -0.4 is 11.1 Å². The lowest BCUT2D eigenvalue weighted by atomic mass is 10.4. The highest BCUT2D eigenvalue weighted by Crippen LogP contribution is 2.05. The Labute approximate surface area is 74.7 Å². The predicted octanol–water partition coefficient (Wildman–Crippen LogP) is -0.848. The molecule has 1 aromatic rings. The number of nitrogens with two attached hydrogens (primary N) is 1. The quantitative estimate of drug-likeness (QED) is 0.554. The summed E-state index contributed by atoms with van der Waals surface area (Å²) in [6.07, 6.45) is 0. The fourth-order valence-electron chi connectivity index (χ4n) is 0.800. The molecule has 0 saturated heterocycles. The van der Waals surface area contributed by atoms with Gasteiger partial charge in [0.2, 0.25) is 0 Å². The molecule has 0 aromatic carbocycles. The molecule has 0 aliphatic rings. The summed E-state index contributed by atoms with van der Waals surface area (Å²) in [4.78, 5) is 21.2. The Balaban J connectivity index is 2.75. The number of anilines is 1. The molecular weight excluding hydrogens is 172 g/mol. The summed E-state index contributed by atoms with van der Waals surface area (Å²) < 4.78 is 1.58. The number of carbonyl (C=O) groups excluding carboxylic acids is 2. The van der Waals surface area contributed by atoms with Crippen molar-refractivity contribution in [3.05, 3.63) is 11.8 Å². The molecule has 1 aromatic heterocycles. The van der Waals surface area contributed by atoms with E-state index in [1.807, 2.05) is 6.92 Å². The monoisotopic (exact) mass is 182 g/mol. The molecule has 1 heterocycles. The van der Waals surface area contributed by atoms with Gasteiger partial charge in [0, 0.05) is 18.8 Å². The second kappa shape index (κ2) is 3.26. The Morgan fingerprint density at radius 2 is 2.23 bits per heavy atom. The van der Waals surface area contributed by atoms with Crippen molar-refractivity contribution in [2.24, 2.45) is 12.8 Å². The van der Waals surface area contributed by atoms with E-state index < -0.39 is 11.8 Å². The van der Waals surface area contributed by atoms with Crippen LogP contribution in [-0.2, 0) is 16.6 Å². The van der Waals surface area contributed by atoms with E-state index in [-0.39, 0.29) is 0 Å². The number of amides is 2. The van der Waals surface area contributed by atoms with Crippen LogP contribution in [0.1, 0.15) is 5.69 Å². The molecule has 0 bridgehead atoms. The number of nitrogens with one attached hydrogen (secondary N) is 1. The van der Waals surface area contributed by atoms with E-state index in [0.29, 0.717) is 5.82 Å². The number of aryl methyl sites for hydroxylation is 2. The zero-order chi connectivity index (χ0) is 10.0. The number of nitrogens with zero attached hydrogens (tertiary/aromatic N) is 2. The zero-order valence-electron chi connectivity index (χ0n) is 7.37. The van der Waals surface area contributed by atoms with Gasteiger partial charge in [0.1, 0.15) is 0 Å². The second-order valence-corrected chi connectivity index (χ2v) is 2.61. The van der Waals surface area contributed by atoms with Crippen molar-refractivity contribution in [3.8, 4) is 0 Å². The molecule has 6 nitrogen and oxygen atoms in total. The van der Waals surface area contributed by atoms with Crippen molar-refractivity contribution in [1.82, 2.24) is 9.78 Å². The van der Waals surface area contributed by atoms with Gasteiger partial charge in [-0.15, -0.1) is 0 Å². The molecule has 0 atom stereocenters. The summed E-state index contributed by atoms with van der Waals surface area (Å²) in [6.45, 7) is 1.83. The minimum Gasteiger partial charge on any atom is -0.361 e. The Morgan fingerprint density at radius 1 is 1.62 bits per heavy atom. The first-order valence-corrected chi connectivity index (χ1v) is 3.62. The minimum atomic E-state index is -1.02. The third-order valence-corrected chi connectivity index (χ3v) is 1.58. The molecule has 0 radical (unpaired) electrons. The number of primary amides is 1. The lowest BCUT2D eigenvalue weighted by Gasteiger charge is -1.95. The van der Waals surface area contributed by atoms with Crippen LogP contribution in [0.2, 0.25) is 0 Å². The van der Waals surface area contributed by atoms with Crippen molar-refractivity contribution in [2.45, 2.75) is 6.92 Å². The van der Waals surface area contributed by atoms with Crippen LogP contribution in [0, 0.1) is 6.92 Å². The van der Waals surface area contributed by atoms with E-state index in [2.05, 4.69) is 10.4 Å². The number of carbonyl (C=O) groups is 2. The minimum absolute atomic E-state index is 0.323. The maximum Gasteiger partial charge on any atom is 0.314 e. The van der Waals surface area contributed by atoms with Gasteiger partial charge in [-0.2, -0.15) is 5.10 Å². The van der Waals surface area contributed by atoms with Gasteiger partial charge in [-0.05, 0) is 6.92 Å². The standard InChI is InChI=1S/C7H10N4O2/c1-4-3-5(10-11(4)2)9-7(13)6(8)12/h3H,1-2H3,(H2,8,12)(H,9,10,13). The zero-order valence-corrected chi connectivity index (χ0v) is 7.37. The molecule has 0 unspecified atom stereocenters. The molecule has 1 rings (SSSR count). The van der Waals surface area contributed by atoms with Crippen molar-refractivity contribution in [2.75, 3.05) is 5.32 Å². The third kappa shape index (κ3) is 2.05. The molecule has 0 aliphatic carbocycles. The molecule has 0 fully saturated rings. The van der Waals surface area contributed by atoms with Gasteiger partial charge >= 0.3 is 11.8 Å². The third-order valence-electron chi connectivity index (χ3n) is 1.58. The lowest BCUT2D eigenvalue weighted by molar-refractivity contribution is -0.134. The average molecular weight is 182 g/mol. The Morgan fingerprint density at radius 3 is 2.62 bits per heavy atom. The van der Waals surface area contributed by atoms with Crippen LogP contribution >= 0.6 is 0 Å². The summed E-state index contributed by atoms with van der Waals surface area (Å²) in [5, 5.41) is 6.17. The van der Waals surface area contributed by atoms with Gasteiger partial charge in [0.25, 0.3) is 0 Å². The fourth-order valence-corrected chi connectivity index (χ4v) is 0.800. The summed E-state index contributed by atoms with van der Waals surface area (Å²) >= 11 is 0. The molecule has 70 valence electrons. The van der Waals surface area contributed by atoms with Crippen LogP contribution in [0.25, 0.3) is 0 Å². The van der Waals surface area contributed by atoms with Crippen LogP contribution in [-0.4, -0.2) is 21.6 Å². The first kappa shape index (κ1) is 9.24. The van der Waals surface area contributed by atoms with E-state index in [1.165, 1.54) is 0 Å². The van der Waals surface area contributed by atoms with Gasteiger partial charge in [-0.1, -0.05) is 0 Å². The van der Waals surface area contributed by atoms with E-state index in [1.54, 1.807) is 17.8 Å². The van der Waals surface area contributed by atoms with Crippen molar-refractivity contribution in [1.29, 1.82) is 0 Å². The summed E-state index contributed by atoms with van der Waals surface area (Å²) in [6, 6.07) is 1.64. The molecule has 3 N–H and O–H groups in total. The maximum atomic E-state index is 10.8. The first-order valence-electron chi connectivity index (χ1n) is 3.62. The maximum absolute atomic E-state index is 10.8. The van der Waals surface area contributed by atoms with Gasteiger partial charge in [0.05, 0.1) is 0 Å². The topological polar surface area (TPSA) is 90.0 Å². The Kier molecular flexibility index (Phi) is 2.32. The highest BCUT2D eigenvalue weighted by atomic mass is 16.2. The second-order valence-electron chi connectivity index (χ2n) is 2.61. The summed E-state index contributed by atoms with van der Waals surface area (Å²) in [5.74, 6) is -1.56. The molecule has 0 saturated carbocycles. The molecule has 6 heteroatoms. The van der Waals surface area contributed by atoms with Gasteiger partial charge < -0.3 is 11.1 Å². The van der Waals surface area contributed by atoms with Crippen molar-refractivity contribution in [3.63, 3.8) is 0 Å². The highest BCUT2D eigenvalue weighted by Gasteiger charge is 2.10. The van der Waals surface area contributed by atoms with E-state index >= 15 is 0 Å². The highest BCUT2D eigenvalue weighted by molar-refractivity contribution is 6.38. The van der Waals surface area contributed by atoms with E-state index in [4.69, 9.17) is 5.73 Å². The molecular formula is C7H10N4O2. The van der Waals surface area contributed by atoms with Gasteiger partial charge in [-0.3, -0.25) is 14.3 Å². The number of hydrogen-bond acceptors (Lipinski definition) is 3. The van der Waals surface area contributed by atoms with Crippen LogP contribution in [0.3, 0.4) is 0 Å². The Hall–Kier alpha value is -1.85. The largest absolute Gasteiger partial charge is 0.361 e. The lowest BCUT2D eigenvalue weighted by Crippen LogP contribution is -2.29. The van der Waals surface area contributed by atoms with Crippen molar-refractivity contribution >= 4 is 17.6 Å². The first-order chi connectivity index (χ1) is 6.00. The summed E-state index contributed by atoms with van der Waals surface area (Å²) in [7, 11) is 1.73.